The van der Waals surface area contributed by atoms with Crippen molar-refractivity contribution in [3.63, 3.8) is 0 Å². The summed E-state index contributed by atoms with van der Waals surface area (Å²) in [6.07, 6.45) is 2.11. The Morgan fingerprint density at radius 3 is 2.79 bits per heavy atom. The van der Waals surface area contributed by atoms with Crippen LogP contribution in [0.3, 0.4) is 0 Å². The summed E-state index contributed by atoms with van der Waals surface area (Å²) in [5.74, 6) is 0. The van der Waals surface area contributed by atoms with Gasteiger partial charge in [0.2, 0.25) is 0 Å². The van der Waals surface area contributed by atoms with Gasteiger partial charge in [0.05, 0.1) is 23.9 Å². The minimum absolute atomic E-state index is 0.879. The molecule has 0 bridgehead atoms. The van der Waals surface area contributed by atoms with Crippen molar-refractivity contribution in [2.75, 3.05) is 39.4 Å². The summed E-state index contributed by atoms with van der Waals surface area (Å²) >= 11 is 1.88. The van der Waals surface area contributed by atoms with Crippen LogP contribution in [0.25, 0.3) is 0 Å². The Hall–Kier alpha value is -0.490. The zero-order chi connectivity index (χ0) is 13.5. The minimum Gasteiger partial charge on any atom is -0.379 e. The van der Waals surface area contributed by atoms with E-state index in [1.54, 1.807) is 0 Å². The van der Waals surface area contributed by atoms with Crippen LogP contribution in [0.5, 0.6) is 0 Å². The largest absolute Gasteiger partial charge is 0.379 e. The molecule has 4 nitrogen and oxygen atoms in total. The molecule has 1 aliphatic rings. The zero-order valence-corrected chi connectivity index (χ0v) is 12.9. The van der Waals surface area contributed by atoms with Crippen LogP contribution >= 0.6 is 11.3 Å². The molecule has 0 aliphatic carbocycles. The van der Waals surface area contributed by atoms with Crippen molar-refractivity contribution in [3.8, 4) is 0 Å². The molecule has 1 aliphatic heterocycles. The molecule has 19 heavy (non-hydrogen) atoms. The number of aryl methyl sites for hydroxylation is 1. The Labute approximate surface area is 120 Å². The van der Waals surface area contributed by atoms with Gasteiger partial charge in [-0.1, -0.05) is 13.8 Å². The van der Waals surface area contributed by atoms with Crippen molar-refractivity contribution < 1.29 is 4.74 Å². The van der Waals surface area contributed by atoms with Gasteiger partial charge >= 0.3 is 0 Å². The lowest BCUT2D eigenvalue weighted by Gasteiger charge is -2.25. The number of morpholine rings is 1. The fourth-order valence-corrected chi connectivity index (χ4v) is 3.39. The quantitative estimate of drug-likeness (QED) is 0.826. The molecule has 0 spiro atoms. The number of hydrogen-bond donors (Lipinski definition) is 1. The first-order valence-corrected chi connectivity index (χ1v) is 8.13. The fraction of sp³-hybridized carbons (Fsp3) is 0.786. The molecule has 1 aromatic heterocycles. The van der Waals surface area contributed by atoms with Gasteiger partial charge in [-0.05, 0) is 13.0 Å². The highest BCUT2D eigenvalue weighted by Gasteiger charge is 2.13. The Balaban J connectivity index is 1.86. The molecule has 0 atom stereocenters. The number of aromatic nitrogens is 1. The molecule has 0 radical (unpaired) electrons. The predicted octanol–water partition coefficient (Wildman–Crippen LogP) is 1.69. The van der Waals surface area contributed by atoms with Gasteiger partial charge in [-0.2, -0.15) is 0 Å². The second-order valence-corrected chi connectivity index (χ2v) is 5.98. The maximum Gasteiger partial charge on any atom is 0.0944 e. The zero-order valence-electron chi connectivity index (χ0n) is 12.1. The van der Waals surface area contributed by atoms with Crippen LogP contribution in [0.4, 0.5) is 0 Å². The number of ether oxygens (including phenoxy) is 1. The van der Waals surface area contributed by atoms with E-state index in [1.165, 1.54) is 15.6 Å². The fourth-order valence-electron chi connectivity index (χ4n) is 2.28. The van der Waals surface area contributed by atoms with E-state index in [1.807, 2.05) is 11.3 Å². The van der Waals surface area contributed by atoms with E-state index in [4.69, 9.17) is 9.72 Å². The monoisotopic (exact) mass is 283 g/mol. The third-order valence-electron chi connectivity index (χ3n) is 3.44. The van der Waals surface area contributed by atoms with Crippen LogP contribution in [0.1, 0.15) is 29.4 Å². The molecular formula is C14H25N3OS. The number of rotatable bonds is 7. The molecule has 1 fully saturated rings. The summed E-state index contributed by atoms with van der Waals surface area (Å²) in [5, 5.41) is 4.69. The highest BCUT2D eigenvalue weighted by Crippen LogP contribution is 2.20. The average molecular weight is 283 g/mol. The molecule has 0 saturated carbocycles. The Morgan fingerprint density at radius 1 is 1.32 bits per heavy atom. The van der Waals surface area contributed by atoms with Crippen LogP contribution in [-0.2, 0) is 24.1 Å². The summed E-state index contributed by atoms with van der Waals surface area (Å²) in [7, 11) is 0. The maximum atomic E-state index is 5.37. The molecule has 0 unspecified atom stereocenters. The second kappa shape index (κ2) is 7.94. The lowest BCUT2D eigenvalue weighted by Crippen LogP contribution is -2.37. The Morgan fingerprint density at radius 2 is 2.11 bits per heavy atom. The SMILES string of the molecule is CCNCc1sc(CCN2CCOCC2)nc1CC. The van der Waals surface area contributed by atoms with Crippen LogP contribution in [-0.4, -0.2) is 49.3 Å². The van der Waals surface area contributed by atoms with Crippen molar-refractivity contribution in [1.82, 2.24) is 15.2 Å². The molecule has 5 heteroatoms. The van der Waals surface area contributed by atoms with E-state index in [2.05, 4.69) is 24.1 Å². The topological polar surface area (TPSA) is 37.4 Å². The molecule has 0 amide bonds. The van der Waals surface area contributed by atoms with Gasteiger partial charge in [0.1, 0.15) is 0 Å². The highest BCUT2D eigenvalue weighted by atomic mass is 32.1. The first-order chi connectivity index (χ1) is 9.33. The molecule has 0 aromatic carbocycles. The van der Waals surface area contributed by atoms with E-state index >= 15 is 0 Å². The maximum absolute atomic E-state index is 5.37. The number of hydrogen-bond acceptors (Lipinski definition) is 5. The number of thiazole rings is 1. The summed E-state index contributed by atoms with van der Waals surface area (Å²) < 4.78 is 5.37. The van der Waals surface area contributed by atoms with E-state index in [-0.39, 0.29) is 0 Å². The first-order valence-electron chi connectivity index (χ1n) is 7.31. The van der Waals surface area contributed by atoms with Gasteiger partial charge in [-0.25, -0.2) is 4.98 Å². The van der Waals surface area contributed by atoms with E-state index in [0.29, 0.717) is 0 Å². The summed E-state index contributed by atoms with van der Waals surface area (Å²) in [4.78, 5) is 8.68. The van der Waals surface area contributed by atoms with Gasteiger partial charge < -0.3 is 10.1 Å². The summed E-state index contributed by atoms with van der Waals surface area (Å²) in [6.45, 7) is 11.3. The van der Waals surface area contributed by atoms with E-state index in [9.17, 15) is 0 Å². The molecular weight excluding hydrogens is 258 g/mol. The van der Waals surface area contributed by atoms with Crippen molar-refractivity contribution in [2.24, 2.45) is 0 Å². The van der Waals surface area contributed by atoms with Gasteiger partial charge in [-0.15, -0.1) is 11.3 Å². The molecule has 108 valence electrons. The third kappa shape index (κ3) is 4.53. The van der Waals surface area contributed by atoms with Gasteiger partial charge in [0.25, 0.3) is 0 Å². The summed E-state index contributed by atoms with van der Waals surface area (Å²) in [6, 6.07) is 0. The van der Waals surface area contributed by atoms with Crippen LogP contribution in [0.2, 0.25) is 0 Å². The van der Waals surface area contributed by atoms with Crippen LogP contribution < -0.4 is 5.32 Å². The first kappa shape index (κ1) is 14.9. The van der Waals surface area contributed by atoms with Crippen LogP contribution in [0, 0.1) is 0 Å². The smallest absolute Gasteiger partial charge is 0.0944 e. The van der Waals surface area contributed by atoms with Gasteiger partial charge in [0.15, 0.2) is 0 Å². The van der Waals surface area contributed by atoms with Crippen LogP contribution in [0.15, 0.2) is 0 Å². The standard InChI is InChI=1S/C14H25N3OS/c1-3-12-13(11-15-4-2)19-14(16-12)5-6-17-7-9-18-10-8-17/h15H,3-11H2,1-2H3. The highest BCUT2D eigenvalue weighted by molar-refractivity contribution is 7.11. The Kier molecular flexibility index (Phi) is 6.23. The Bertz CT molecular complexity index is 375. The molecule has 1 aromatic rings. The lowest BCUT2D eigenvalue weighted by molar-refractivity contribution is 0.0384. The predicted molar refractivity (Wildman–Crippen MR) is 79.8 cm³/mol. The van der Waals surface area contributed by atoms with Gasteiger partial charge in [-0.3, -0.25) is 4.90 Å². The van der Waals surface area contributed by atoms with Crippen molar-refractivity contribution in [2.45, 2.75) is 33.2 Å². The molecule has 2 heterocycles. The minimum atomic E-state index is 0.879. The average Bonchev–Trinajstić information content (AvgIpc) is 2.86. The number of nitrogens with zero attached hydrogens (tertiary/aromatic N) is 2. The number of nitrogens with one attached hydrogen (secondary N) is 1. The lowest BCUT2D eigenvalue weighted by atomic mass is 10.3. The van der Waals surface area contributed by atoms with Crippen molar-refractivity contribution in [3.05, 3.63) is 15.6 Å². The van der Waals surface area contributed by atoms with Crippen molar-refractivity contribution in [1.29, 1.82) is 0 Å². The molecule has 1 saturated heterocycles. The normalized spacial score (nSPS) is 16.9. The van der Waals surface area contributed by atoms with Crippen molar-refractivity contribution >= 4 is 11.3 Å². The molecule has 1 N–H and O–H groups in total. The third-order valence-corrected chi connectivity index (χ3v) is 4.60. The summed E-state index contributed by atoms with van der Waals surface area (Å²) in [5.41, 5.74) is 1.28. The second-order valence-electron chi connectivity index (χ2n) is 4.82. The van der Waals surface area contributed by atoms with E-state index < -0.39 is 0 Å². The molecule has 2 rings (SSSR count). The van der Waals surface area contributed by atoms with Gasteiger partial charge in [0, 0.05) is 37.5 Å². The van der Waals surface area contributed by atoms with E-state index in [0.717, 1.165) is 58.8 Å².